The van der Waals surface area contributed by atoms with Gasteiger partial charge in [-0.15, -0.1) is 0 Å². The molecule has 0 radical (unpaired) electrons. The summed E-state index contributed by atoms with van der Waals surface area (Å²) in [6.45, 7) is 21.3. The summed E-state index contributed by atoms with van der Waals surface area (Å²) in [4.78, 5) is 81.8. The van der Waals surface area contributed by atoms with Crippen LogP contribution in [-0.2, 0) is 85.5 Å². The minimum atomic E-state index is -1.90. The van der Waals surface area contributed by atoms with Gasteiger partial charge >= 0.3 is 18.0 Å². The molecule has 524 valence electrons. The van der Waals surface area contributed by atoms with E-state index < -0.39 is 192 Å². The molecule has 29 atom stereocenters. The van der Waals surface area contributed by atoms with E-state index in [0.717, 1.165) is 12.7 Å². The van der Waals surface area contributed by atoms with Crippen LogP contribution < -0.4 is 5.32 Å². The molecule has 6 heterocycles. The smallest absolute Gasteiger partial charge is 0.407 e. The molecule has 10 aliphatic rings. The van der Waals surface area contributed by atoms with Crippen molar-refractivity contribution in [1.82, 2.24) is 5.32 Å². The Morgan fingerprint density at radius 3 is 2.00 bits per heavy atom. The lowest BCUT2D eigenvalue weighted by atomic mass is 9.48. The highest BCUT2D eigenvalue weighted by atomic mass is 16.8. The first-order chi connectivity index (χ1) is 44.4. The third kappa shape index (κ3) is 14.0. The SMILES string of the molecule is COC(=O)NC1C(C)OC(OC2C/C=C(\C)C3C=CC4C(OC5CC(OC6CCC(OC7CC(O)C(OC8CCC(O)C(C)O8)C(C)O7)C(C)O6)C(OC(C)=O)C(C)O5)C(C)CC(C)C4C3(C)C(=O)C3=C(OC)C4(CC(C=O)=CC(O)C4/C=C/2C)OC3=O)CC1(C)[N+](=O)[O-]. The Kier molecular flexibility index (Phi) is 22.0. The molecular formula is C68H98N2O24. The third-order valence-corrected chi connectivity index (χ3v) is 21.9. The Balaban J connectivity index is 0.912. The standard InChI is InChI=1S/C68H98N2O24/c1-31-15-19-48(89-55-29-66(11,70(79)80)61(39(9)87-55)69-65(78)82-14)32(2)24-44-46(74)25-41(30-71)28-68(44)63(81-13)56(64(77)94-68)62(76)67(12)43(31)17-16-42-57(67)33(3)23-34(4)58(42)93-54-27-50(60(38(8)86-54)88-40(10)72)91-51-22-20-49(36(6)84-51)90-53-26-47(75)59(37(7)85-53)92-52-21-18-45(73)35(5)83-52/h15-17,24-25,30,33-39,42-55,57-61,73-75H,18-23,26-29H2,1-14H3,(H,69,78)/b31-15+,32-24+. The Hall–Kier alpha value is -5.07. The van der Waals surface area contributed by atoms with Gasteiger partial charge in [0, 0.05) is 68.1 Å². The van der Waals surface area contributed by atoms with E-state index in [4.69, 9.17) is 66.3 Å². The van der Waals surface area contributed by atoms with Gasteiger partial charge in [0.1, 0.15) is 30.1 Å². The van der Waals surface area contributed by atoms with Gasteiger partial charge in [-0.2, -0.15) is 0 Å². The van der Waals surface area contributed by atoms with Gasteiger partial charge in [-0.1, -0.05) is 50.6 Å². The number of hydrogen-bond donors (Lipinski definition) is 4. The third-order valence-electron chi connectivity index (χ3n) is 21.9. The molecule has 0 aromatic heterocycles. The maximum Gasteiger partial charge on any atom is 0.407 e. The highest BCUT2D eigenvalue weighted by molar-refractivity contribution is 6.21. The minimum absolute atomic E-state index is 0.108. The molecule has 29 unspecified atom stereocenters. The van der Waals surface area contributed by atoms with Gasteiger partial charge in [0.25, 0.3) is 0 Å². The van der Waals surface area contributed by atoms with Crippen LogP contribution in [0.2, 0.25) is 0 Å². The number of rotatable bonds is 15. The Bertz CT molecular complexity index is 2970. The first kappa shape index (κ1) is 71.7. The van der Waals surface area contributed by atoms with Crippen LogP contribution in [0.1, 0.15) is 147 Å². The van der Waals surface area contributed by atoms with Crippen LogP contribution in [0.5, 0.6) is 0 Å². The summed E-state index contributed by atoms with van der Waals surface area (Å²) in [5.41, 5.74) is -4.12. The van der Waals surface area contributed by atoms with E-state index in [1.165, 1.54) is 27.0 Å². The van der Waals surface area contributed by atoms with Crippen molar-refractivity contribution in [3.05, 3.63) is 68.5 Å². The van der Waals surface area contributed by atoms with E-state index >= 15 is 4.79 Å². The number of alkyl carbamates (subject to hydrolysis) is 1. The number of aldehydes is 1. The molecular weight excluding hydrogens is 1230 g/mol. The molecule has 0 aromatic carbocycles. The zero-order valence-corrected chi connectivity index (χ0v) is 56.4. The fourth-order valence-corrected chi connectivity index (χ4v) is 17.2. The molecule has 6 aliphatic heterocycles. The van der Waals surface area contributed by atoms with Crippen molar-refractivity contribution >= 4 is 30.1 Å². The molecule has 94 heavy (non-hydrogen) atoms. The lowest BCUT2D eigenvalue weighted by Crippen LogP contribution is -2.65. The number of carbonyl (C=O) groups is 5. The first-order valence-corrected chi connectivity index (χ1v) is 33.5. The number of nitrogens with zero attached hydrogens (tertiary/aromatic N) is 1. The van der Waals surface area contributed by atoms with Crippen LogP contribution in [0.3, 0.4) is 0 Å². The molecule has 26 nitrogen and oxygen atoms in total. The zero-order valence-electron chi connectivity index (χ0n) is 56.4. The van der Waals surface area contributed by atoms with E-state index in [1.807, 2.05) is 39.8 Å². The number of aliphatic hydroxyl groups excluding tert-OH is 3. The van der Waals surface area contributed by atoms with Crippen molar-refractivity contribution in [2.45, 2.75) is 281 Å². The highest BCUT2D eigenvalue weighted by Crippen LogP contribution is 2.60. The fourth-order valence-electron chi connectivity index (χ4n) is 17.2. The van der Waals surface area contributed by atoms with Crippen molar-refractivity contribution < 1.29 is 111 Å². The van der Waals surface area contributed by atoms with Gasteiger partial charge in [0.05, 0.1) is 93.7 Å². The van der Waals surface area contributed by atoms with Crippen LogP contribution >= 0.6 is 0 Å². The fraction of sp³-hybridized carbons (Fsp3) is 0.779. The molecule has 4 aliphatic carbocycles. The normalized spacial score (nSPS) is 47.0. The number of allylic oxidation sites excluding steroid dienone is 2. The number of Topliss-reactive ketones (excluding diaryl/α,β-unsaturated/α-hetero) is 1. The predicted molar refractivity (Wildman–Crippen MR) is 330 cm³/mol. The highest BCUT2D eigenvalue weighted by Gasteiger charge is 2.65. The lowest BCUT2D eigenvalue weighted by molar-refractivity contribution is -0.584. The monoisotopic (exact) mass is 1330 g/mol. The maximum absolute atomic E-state index is 16.4. The number of ketones is 1. The number of fused-ring (bicyclic) bond motifs is 3. The van der Waals surface area contributed by atoms with Crippen LogP contribution in [0.15, 0.2) is 58.4 Å². The lowest BCUT2D eigenvalue weighted by Gasteiger charge is -2.56. The van der Waals surface area contributed by atoms with Crippen molar-refractivity contribution in [1.29, 1.82) is 0 Å². The van der Waals surface area contributed by atoms with Gasteiger partial charge in [0.15, 0.2) is 54.7 Å². The van der Waals surface area contributed by atoms with Gasteiger partial charge in [-0.25, -0.2) is 9.59 Å². The summed E-state index contributed by atoms with van der Waals surface area (Å²) in [6.07, 6.45) is -3.25. The van der Waals surface area contributed by atoms with Crippen LogP contribution in [0.25, 0.3) is 0 Å². The van der Waals surface area contributed by atoms with Crippen LogP contribution in [0.4, 0.5) is 4.79 Å². The minimum Gasteiger partial charge on any atom is -0.496 e. The summed E-state index contributed by atoms with van der Waals surface area (Å²) in [6, 6.07) is -1.11. The van der Waals surface area contributed by atoms with E-state index in [-0.39, 0.29) is 60.8 Å². The van der Waals surface area contributed by atoms with Crippen molar-refractivity contribution in [3.8, 4) is 0 Å². The quantitative estimate of drug-likeness (QED) is 0.0260. The molecule has 10 rings (SSSR count). The van der Waals surface area contributed by atoms with E-state index in [1.54, 1.807) is 33.8 Å². The summed E-state index contributed by atoms with van der Waals surface area (Å²) >= 11 is 0. The summed E-state index contributed by atoms with van der Waals surface area (Å²) < 4.78 is 88.2. The number of hydrogen-bond acceptors (Lipinski definition) is 24. The topological polar surface area (TPSA) is 330 Å². The van der Waals surface area contributed by atoms with Crippen molar-refractivity contribution in [2.75, 3.05) is 14.2 Å². The molecule has 1 spiro atoms. The summed E-state index contributed by atoms with van der Waals surface area (Å²) in [7, 11) is 2.48. The van der Waals surface area contributed by atoms with Crippen LogP contribution in [-0.4, -0.2) is 199 Å². The summed E-state index contributed by atoms with van der Waals surface area (Å²) in [5, 5.41) is 49.0. The first-order valence-electron chi connectivity index (χ1n) is 33.5. The largest absolute Gasteiger partial charge is 0.496 e. The number of nitro groups is 1. The molecule has 5 saturated heterocycles. The average molecular weight is 1330 g/mol. The maximum atomic E-state index is 16.4. The Morgan fingerprint density at radius 2 is 1.35 bits per heavy atom. The van der Waals surface area contributed by atoms with Gasteiger partial charge in [0.2, 0.25) is 5.54 Å². The van der Waals surface area contributed by atoms with Gasteiger partial charge < -0.3 is 87.0 Å². The number of carbonyl (C=O) groups excluding carboxylic acids is 5. The van der Waals surface area contributed by atoms with E-state index in [0.29, 0.717) is 44.0 Å². The molecule has 0 aromatic rings. The molecule has 1 saturated carbocycles. The number of aliphatic hydroxyl groups is 3. The molecule has 2 bridgehead atoms. The second kappa shape index (κ2) is 28.8. The number of nitrogens with one attached hydrogen (secondary N) is 1. The Labute approximate surface area is 549 Å². The van der Waals surface area contributed by atoms with E-state index in [2.05, 4.69) is 25.2 Å². The zero-order chi connectivity index (χ0) is 68.2. The van der Waals surface area contributed by atoms with E-state index in [9.17, 15) is 44.6 Å². The molecule has 6 fully saturated rings. The second-order valence-electron chi connectivity index (χ2n) is 28.4. The van der Waals surface area contributed by atoms with Gasteiger partial charge in [-0.05, 0) is 109 Å². The van der Waals surface area contributed by atoms with Gasteiger partial charge in [-0.3, -0.25) is 24.5 Å². The molecule has 4 N–H and O–H groups in total. The molecule has 1 amide bonds. The number of amides is 1. The molecule has 26 heteroatoms. The van der Waals surface area contributed by atoms with Crippen molar-refractivity contribution in [3.63, 3.8) is 0 Å². The van der Waals surface area contributed by atoms with Crippen LogP contribution in [0, 0.1) is 51.0 Å². The Morgan fingerprint density at radius 1 is 0.713 bits per heavy atom. The number of ether oxygens (including phenoxy) is 14. The number of esters is 2. The average Bonchev–Trinajstić information content (AvgIpc) is 1.35. The predicted octanol–water partition coefficient (Wildman–Crippen LogP) is 6.45. The number of methoxy groups -OCH3 is 2. The summed E-state index contributed by atoms with van der Waals surface area (Å²) in [5.74, 6) is -5.32. The van der Waals surface area contributed by atoms with Crippen molar-refractivity contribution in [2.24, 2.45) is 40.9 Å². The second-order valence-corrected chi connectivity index (χ2v) is 28.4.